The number of amides is 1. The molecule has 0 saturated carbocycles. The molecule has 0 N–H and O–H groups in total. The van der Waals surface area contributed by atoms with Crippen LogP contribution in [-0.2, 0) is 11.3 Å². The SMILES string of the molecule is COc1ccc(C(C)N(C)C(=O)CCCn2c(=O)oc3cc([N+](=O)[O-])ccc32)cc1. The molecule has 1 unspecified atom stereocenters. The minimum atomic E-state index is -0.599. The zero-order valence-electron chi connectivity index (χ0n) is 17.0. The lowest BCUT2D eigenvalue weighted by Crippen LogP contribution is -2.29. The molecule has 0 fully saturated rings. The molecule has 1 heterocycles. The summed E-state index contributed by atoms with van der Waals surface area (Å²) in [7, 11) is 3.35. The van der Waals surface area contributed by atoms with Crippen molar-refractivity contribution >= 4 is 22.7 Å². The number of carbonyl (C=O) groups is 1. The second-order valence-electron chi connectivity index (χ2n) is 6.99. The van der Waals surface area contributed by atoms with Crippen LogP contribution in [0, 0.1) is 10.1 Å². The number of nitro benzene ring substituents is 1. The Kier molecular flexibility index (Phi) is 6.20. The van der Waals surface area contributed by atoms with Crippen LogP contribution >= 0.6 is 0 Å². The highest BCUT2D eigenvalue weighted by atomic mass is 16.6. The molecule has 158 valence electrons. The normalized spacial score (nSPS) is 12.0. The number of nitro groups is 1. The highest BCUT2D eigenvalue weighted by molar-refractivity contribution is 5.77. The Labute approximate surface area is 172 Å². The van der Waals surface area contributed by atoms with Gasteiger partial charge in [-0.1, -0.05) is 12.1 Å². The zero-order chi connectivity index (χ0) is 21.8. The molecule has 1 amide bonds. The molecule has 3 rings (SSSR count). The molecular weight excluding hydrogens is 390 g/mol. The van der Waals surface area contributed by atoms with E-state index < -0.39 is 10.7 Å². The summed E-state index contributed by atoms with van der Waals surface area (Å²) in [6, 6.07) is 11.5. The van der Waals surface area contributed by atoms with Gasteiger partial charge in [0.15, 0.2) is 5.58 Å². The van der Waals surface area contributed by atoms with Crippen LogP contribution in [0.25, 0.3) is 11.1 Å². The Morgan fingerprint density at radius 1 is 1.27 bits per heavy atom. The van der Waals surface area contributed by atoms with Crippen molar-refractivity contribution in [3.05, 3.63) is 68.7 Å². The predicted octanol–water partition coefficient (Wildman–Crippen LogP) is 3.51. The van der Waals surface area contributed by atoms with Gasteiger partial charge >= 0.3 is 5.76 Å². The number of aryl methyl sites for hydroxylation is 1. The first-order chi connectivity index (χ1) is 14.3. The van der Waals surface area contributed by atoms with Crippen LogP contribution in [0.2, 0.25) is 0 Å². The number of carbonyl (C=O) groups excluding carboxylic acids is 1. The number of fused-ring (bicyclic) bond motifs is 1. The monoisotopic (exact) mass is 413 g/mol. The third-order valence-electron chi connectivity index (χ3n) is 5.21. The van der Waals surface area contributed by atoms with Gasteiger partial charge < -0.3 is 14.1 Å². The van der Waals surface area contributed by atoms with E-state index in [-0.39, 0.29) is 36.2 Å². The van der Waals surface area contributed by atoms with E-state index in [2.05, 4.69) is 0 Å². The molecule has 1 atom stereocenters. The van der Waals surface area contributed by atoms with Crippen molar-refractivity contribution in [3.63, 3.8) is 0 Å². The Morgan fingerprint density at radius 3 is 2.60 bits per heavy atom. The van der Waals surface area contributed by atoms with Gasteiger partial charge in [0.1, 0.15) is 5.75 Å². The fourth-order valence-corrected chi connectivity index (χ4v) is 3.27. The number of oxazole rings is 1. The summed E-state index contributed by atoms with van der Waals surface area (Å²) in [6.07, 6.45) is 0.688. The standard InChI is InChI=1S/C21H23N3O6/c1-14(15-6-9-17(29-3)10-7-15)22(2)20(25)5-4-12-23-18-11-8-16(24(27)28)13-19(18)30-21(23)26/h6-11,13-14H,4-5,12H2,1-3H3. The Hall–Kier alpha value is -3.62. The van der Waals surface area contributed by atoms with Crippen molar-refractivity contribution in [3.8, 4) is 5.75 Å². The Bertz CT molecular complexity index is 1120. The average Bonchev–Trinajstić information content (AvgIpc) is 3.06. The number of ether oxygens (including phenoxy) is 1. The van der Waals surface area contributed by atoms with Gasteiger partial charge in [0.05, 0.1) is 29.7 Å². The number of hydrogen-bond acceptors (Lipinski definition) is 6. The molecule has 0 bridgehead atoms. The van der Waals surface area contributed by atoms with Crippen molar-refractivity contribution < 1.29 is 18.9 Å². The minimum Gasteiger partial charge on any atom is -0.497 e. The number of methoxy groups -OCH3 is 1. The van der Waals surface area contributed by atoms with Gasteiger partial charge in [-0.25, -0.2) is 4.79 Å². The molecule has 0 aliphatic rings. The fraction of sp³-hybridized carbons (Fsp3) is 0.333. The molecule has 9 nitrogen and oxygen atoms in total. The highest BCUT2D eigenvalue weighted by Gasteiger charge is 2.18. The van der Waals surface area contributed by atoms with Crippen LogP contribution in [0.5, 0.6) is 5.75 Å². The summed E-state index contributed by atoms with van der Waals surface area (Å²) in [4.78, 5) is 36.7. The molecule has 9 heteroatoms. The molecule has 30 heavy (non-hydrogen) atoms. The van der Waals surface area contributed by atoms with Gasteiger partial charge in [0.2, 0.25) is 5.91 Å². The first kappa shape index (κ1) is 21.1. The molecule has 0 aliphatic carbocycles. The van der Waals surface area contributed by atoms with E-state index in [9.17, 15) is 19.7 Å². The van der Waals surface area contributed by atoms with Crippen molar-refractivity contribution in [1.82, 2.24) is 9.47 Å². The van der Waals surface area contributed by atoms with Crippen molar-refractivity contribution in [2.75, 3.05) is 14.2 Å². The van der Waals surface area contributed by atoms with Crippen LogP contribution < -0.4 is 10.5 Å². The van der Waals surface area contributed by atoms with Crippen LogP contribution in [0.1, 0.15) is 31.4 Å². The maximum absolute atomic E-state index is 12.6. The number of non-ortho nitro benzene ring substituents is 1. The van der Waals surface area contributed by atoms with Gasteiger partial charge in [0.25, 0.3) is 5.69 Å². The fourth-order valence-electron chi connectivity index (χ4n) is 3.27. The number of aromatic nitrogens is 1. The van der Waals surface area contributed by atoms with E-state index >= 15 is 0 Å². The largest absolute Gasteiger partial charge is 0.497 e. The number of hydrogen-bond donors (Lipinski definition) is 0. The molecule has 1 aromatic heterocycles. The lowest BCUT2D eigenvalue weighted by Gasteiger charge is -2.25. The molecule has 0 aliphatic heterocycles. The molecule has 0 spiro atoms. The average molecular weight is 413 g/mol. The van der Waals surface area contributed by atoms with Crippen molar-refractivity contribution in [2.45, 2.75) is 32.4 Å². The first-order valence-electron chi connectivity index (χ1n) is 9.49. The maximum Gasteiger partial charge on any atom is 0.419 e. The van der Waals surface area contributed by atoms with E-state index in [1.54, 1.807) is 19.1 Å². The second-order valence-corrected chi connectivity index (χ2v) is 6.99. The molecule has 0 saturated heterocycles. The molecule has 0 radical (unpaired) electrons. The summed E-state index contributed by atoms with van der Waals surface area (Å²) < 4.78 is 11.6. The van der Waals surface area contributed by atoms with Gasteiger partial charge in [0, 0.05) is 26.1 Å². The van der Waals surface area contributed by atoms with Gasteiger partial charge in [-0.3, -0.25) is 19.5 Å². The van der Waals surface area contributed by atoms with Crippen molar-refractivity contribution in [1.29, 1.82) is 0 Å². The molecule has 3 aromatic rings. The predicted molar refractivity (Wildman–Crippen MR) is 111 cm³/mol. The van der Waals surface area contributed by atoms with Gasteiger partial charge in [-0.2, -0.15) is 0 Å². The number of rotatable bonds is 8. The number of nitrogens with zero attached hydrogens (tertiary/aromatic N) is 3. The number of benzene rings is 2. The van der Waals surface area contributed by atoms with Gasteiger partial charge in [-0.05, 0) is 37.1 Å². The summed E-state index contributed by atoms with van der Waals surface area (Å²) in [5.41, 5.74) is 1.47. The molecular formula is C21H23N3O6. The second kappa shape index (κ2) is 8.81. The summed E-state index contributed by atoms with van der Waals surface area (Å²) in [6.45, 7) is 2.22. The maximum atomic E-state index is 12.6. The molecule has 2 aromatic carbocycles. The van der Waals surface area contributed by atoms with Crippen LogP contribution in [0.4, 0.5) is 5.69 Å². The van der Waals surface area contributed by atoms with Crippen molar-refractivity contribution in [2.24, 2.45) is 0 Å². The van der Waals surface area contributed by atoms with E-state index in [4.69, 9.17) is 9.15 Å². The Balaban J connectivity index is 1.62. The smallest absolute Gasteiger partial charge is 0.419 e. The first-order valence-corrected chi connectivity index (χ1v) is 9.49. The third-order valence-corrected chi connectivity index (χ3v) is 5.21. The van der Waals surface area contributed by atoms with Crippen LogP contribution in [0.15, 0.2) is 51.7 Å². The van der Waals surface area contributed by atoms with E-state index in [0.29, 0.717) is 11.9 Å². The lowest BCUT2D eigenvalue weighted by atomic mass is 10.1. The van der Waals surface area contributed by atoms with E-state index in [0.717, 1.165) is 11.3 Å². The Morgan fingerprint density at radius 2 is 1.97 bits per heavy atom. The quantitative estimate of drug-likeness (QED) is 0.413. The topological polar surface area (TPSA) is 108 Å². The van der Waals surface area contributed by atoms with Crippen LogP contribution in [-0.4, -0.2) is 34.5 Å². The van der Waals surface area contributed by atoms with E-state index in [1.807, 2.05) is 31.2 Å². The summed E-state index contributed by atoms with van der Waals surface area (Å²) in [5.74, 6) is 0.107. The van der Waals surface area contributed by atoms with Gasteiger partial charge in [-0.15, -0.1) is 0 Å². The van der Waals surface area contributed by atoms with E-state index in [1.165, 1.54) is 22.8 Å². The van der Waals surface area contributed by atoms with Crippen LogP contribution in [0.3, 0.4) is 0 Å². The highest BCUT2D eigenvalue weighted by Crippen LogP contribution is 2.23. The lowest BCUT2D eigenvalue weighted by molar-refractivity contribution is -0.384. The summed E-state index contributed by atoms with van der Waals surface area (Å²) >= 11 is 0. The zero-order valence-corrected chi connectivity index (χ0v) is 17.0. The third kappa shape index (κ3) is 4.35. The summed E-state index contributed by atoms with van der Waals surface area (Å²) in [5, 5.41) is 10.9. The minimum absolute atomic E-state index is 0.0465.